The highest BCUT2D eigenvalue weighted by atomic mass is 35.5. The van der Waals surface area contributed by atoms with Gasteiger partial charge in [0.05, 0.1) is 34.0 Å². The van der Waals surface area contributed by atoms with Crippen LogP contribution in [0.4, 0.5) is 5.69 Å². The van der Waals surface area contributed by atoms with Gasteiger partial charge in [0.2, 0.25) is 0 Å². The number of aliphatic hydroxyl groups excluding tert-OH is 1. The number of benzene rings is 2. The highest BCUT2D eigenvalue weighted by Gasteiger charge is 2.47. The summed E-state index contributed by atoms with van der Waals surface area (Å²) < 4.78 is 5.50. The van der Waals surface area contributed by atoms with Gasteiger partial charge in [-0.2, -0.15) is 0 Å². The maximum atomic E-state index is 12.4. The molecule has 2 rings (SSSR count). The number of aliphatic hydroxyl groups is 1. The van der Waals surface area contributed by atoms with E-state index in [1.54, 1.807) is 6.07 Å². The lowest BCUT2D eigenvalue weighted by Crippen LogP contribution is -2.42. The molecule has 0 aromatic heterocycles. The summed E-state index contributed by atoms with van der Waals surface area (Å²) in [6.45, 7) is 0.327. The minimum atomic E-state index is -2.15. The number of carbonyl (C=O) groups is 3. The number of carboxylic acids is 3. The molecule has 194 valence electrons. The van der Waals surface area contributed by atoms with E-state index in [0.717, 1.165) is 0 Å². The lowest BCUT2D eigenvalue weighted by Gasteiger charge is -2.30. The van der Waals surface area contributed by atoms with Crippen LogP contribution in [0.2, 0.25) is 10.0 Å². The molecule has 36 heavy (non-hydrogen) atoms. The molecule has 0 aliphatic carbocycles. The number of carboxylic acid groups (broad SMARTS) is 3. The summed E-state index contributed by atoms with van der Waals surface area (Å²) in [5.74, 6) is -4.77. The summed E-state index contributed by atoms with van der Waals surface area (Å²) >= 11 is 12.0. The molecule has 0 saturated carbocycles. The average Bonchev–Trinajstić information content (AvgIpc) is 2.82. The summed E-state index contributed by atoms with van der Waals surface area (Å²) in [6, 6.07) is 10.5. The third-order valence-electron chi connectivity index (χ3n) is 5.46. The molecule has 0 saturated heterocycles. The molecule has 0 fully saturated rings. The average molecular weight is 541 g/mol. The van der Waals surface area contributed by atoms with Gasteiger partial charge < -0.3 is 36.2 Å². The van der Waals surface area contributed by atoms with Gasteiger partial charge in [-0.15, -0.1) is 0 Å². The van der Waals surface area contributed by atoms with Crippen molar-refractivity contribution in [3.8, 4) is 0 Å². The molecule has 7 N–H and O–H groups in total. The summed E-state index contributed by atoms with van der Waals surface area (Å²) in [6.07, 6.45) is -0.872. The van der Waals surface area contributed by atoms with Crippen molar-refractivity contribution >= 4 is 46.8 Å². The summed E-state index contributed by atoms with van der Waals surface area (Å²) in [4.78, 5) is 35.5. The lowest BCUT2D eigenvalue weighted by molar-refractivity contribution is -0.146. The van der Waals surface area contributed by atoms with Gasteiger partial charge in [-0.1, -0.05) is 53.5 Å². The van der Waals surface area contributed by atoms with E-state index in [0.29, 0.717) is 11.6 Å². The second-order valence-corrected chi connectivity index (χ2v) is 8.57. The molecule has 10 nitrogen and oxygen atoms in total. The molecule has 0 spiro atoms. The highest BCUT2D eigenvalue weighted by Crippen LogP contribution is 2.37. The molecule has 12 heteroatoms. The monoisotopic (exact) mass is 540 g/mol. The van der Waals surface area contributed by atoms with E-state index in [9.17, 15) is 29.7 Å². The van der Waals surface area contributed by atoms with E-state index in [2.05, 4.69) is 5.32 Å². The zero-order chi connectivity index (χ0) is 26.9. The van der Waals surface area contributed by atoms with Crippen LogP contribution in [0.5, 0.6) is 0 Å². The smallest absolute Gasteiger partial charge is 0.333 e. The third-order valence-corrected chi connectivity index (χ3v) is 6.08. The number of halogens is 2. The zero-order valence-electron chi connectivity index (χ0n) is 19.0. The van der Waals surface area contributed by atoms with Crippen molar-refractivity contribution in [2.75, 3.05) is 32.0 Å². The van der Waals surface area contributed by atoms with Gasteiger partial charge in [0, 0.05) is 25.8 Å². The molecule has 2 aromatic carbocycles. The number of aliphatic carboxylic acids is 3. The zero-order valence-corrected chi connectivity index (χ0v) is 20.5. The Balaban J connectivity index is 2.02. The van der Waals surface area contributed by atoms with Crippen LogP contribution in [0, 0.1) is 0 Å². The largest absolute Gasteiger partial charge is 0.480 e. The first kappa shape index (κ1) is 29.1. The maximum Gasteiger partial charge on any atom is 0.333 e. The van der Waals surface area contributed by atoms with Crippen LogP contribution >= 0.6 is 23.2 Å². The number of rotatable bonds is 14. The Bertz CT molecular complexity index is 1100. The normalized spacial score (nSPS) is 14.1. The first-order valence-corrected chi connectivity index (χ1v) is 11.4. The van der Waals surface area contributed by atoms with E-state index < -0.39 is 35.0 Å². The first-order valence-electron chi connectivity index (χ1n) is 10.7. The lowest BCUT2D eigenvalue weighted by atomic mass is 9.71. The van der Waals surface area contributed by atoms with E-state index in [-0.39, 0.29) is 54.0 Å². The molecule has 0 aliphatic rings. The Morgan fingerprint density at radius 2 is 1.67 bits per heavy atom. The summed E-state index contributed by atoms with van der Waals surface area (Å²) in [7, 11) is 0. The van der Waals surface area contributed by atoms with Gasteiger partial charge in [0.15, 0.2) is 0 Å². The molecule has 0 heterocycles. The van der Waals surface area contributed by atoms with Gasteiger partial charge >= 0.3 is 17.9 Å². The number of nitrogen functional groups attached to an aromatic ring is 1. The molecule has 2 unspecified atom stereocenters. The predicted octanol–water partition coefficient (Wildman–Crippen LogP) is 2.72. The number of anilines is 1. The SMILES string of the molecule is Nc1c(Cl)cc(C(O)CNCCOCCC(C(=O)O)(/C(=C\C(=O)O)C(=O)O)c2ccccc2)cc1Cl. The minimum absolute atomic E-state index is 0.103. The molecule has 2 aromatic rings. The van der Waals surface area contributed by atoms with Crippen LogP contribution in [-0.4, -0.2) is 64.6 Å². The fourth-order valence-electron chi connectivity index (χ4n) is 3.62. The molecular weight excluding hydrogens is 515 g/mol. The fraction of sp³-hybridized carbons (Fsp3) is 0.292. The van der Waals surface area contributed by atoms with E-state index in [1.807, 2.05) is 0 Å². The molecule has 0 aliphatic heterocycles. The number of hydrogen-bond acceptors (Lipinski definition) is 7. The Morgan fingerprint density at radius 3 is 2.19 bits per heavy atom. The quantitative estimate of drug-likeness (QED) is 0.118. The van der Waals surface area contributed by atoms with Crippen LogP contribution in [0.15, 0.2) is 54.1 Å². The Hall–Kier alpha value is -3.15. The predicted molar refractivity (Wildman–Crippen MR) is 133 cm³/mol. The number of nitrogens with two attached hydrogens (primary N) is 1. The molecule has 0 radical (unpaired) electrons. The fourth-order valence-corrected chi connectivity index (χ4v) is 4.12. The van der Waals surface area contributed by atoms with Crippen LogP contribution in [0.3, 0.4) is 0 Å². The van der Waals surface area contributed by atoms with Crippen LogP contribution in [-0.2, 0) is 24.5 Å². The summed E-state index contributed by atoms with van der Waals surface area (Å²) in [5.41, 5.74) is 3.53. The Labute approximate surface area is 216 Å². The van der Waals surface area contributed by atoms with Crippen molar-refractivity contribution in [3.63, 3.8) is 0 Å². The molecule has 2 atom stereocenters. The van der Waals surface area contributed by atoms with Gasteiger partial charge in [-0.25, -0.2) is 9.59 Å². The van der Waals surface area contributed by atoms with E-state index in [4.69, 9.17) is 38.8 Å². The van der Waals surface area contributed by atoms with Crippen molar-refractivity contribution in [1.82, 2.24) is 5.32 Å². The minimum Gasteiger partial charge on any atom is -0.480 e. The first-order chi connectivity index (χ1) is 17.0. The molecule has 0 amide bonds. The highest BCUT2D eigenvalue weighted by molar-refractivity contribution is 6.38. The van der Waals surface area contributed by atoms with Gasteiger partial charge in [0.1, 0.15) is 5.41 Å². The third kappa shape index (κ3) is 7.19. The van der Waals surface area contributed by atoms with Crippen molar-refractivity contribution < 1.29 is 39.5 Å². The second-order valence-electron chi connectivity index (χ2n) is 7.76. The van der Waals surface area contributed by atoms with Crippen LogP contribution in [0.25, 0.3) is 0 Å². The Morgan fingerprint density at radius 1 is 1.06 bits per heavy atom. The van der Waals surface area contributed by atoms with Crippen molar-refractivity contribution in [2.45, 2.75) is 17.9 Å². The van der Waals surface area contributed by atoms with E-state index in [1.165, 1.54) is 36.4 Å². The van der Waals surface area contributed by atoms with Crippen LogP contribution < -0.4 is 11.1 Å². The van der Waals surface area contributed by atoms with Crippen molar-refractivity contribution in [1.29, 1.82) is 0 Å². The number of nitrogens with one attached hydrogen (secondary N) is 1. The van der Waals surface area contributed by atoms with Gasteiger partial charge in [-0.3, -0.25) is 4.79 Å². The molecule has 0 bridgehead atoms. The second kappa shape index (κ2) is 13.2. The van der Waals surface area contributed by atoms with Gasteiger partial charge in [-0.05, 0) is 29.7 Å². The number of ether oxygens (including phenoxy) is 1. The standard InChI is InChI=1S/C24H26Cl2N2O8/c25-17-10-14(11-18(26)21(17)27)19(29)13-28-7-9-36-8-6-24(23(34)35,15-4-2-1-3-5-15)16(22(32)33)12-20(30)31/h1-5,10-12,19,28-29H,6-9,13,27H2,(H,30,31)(H,32,33)(H,34,35)/b16-12-. The topological polar surface area (TPSA) is 179 Å². The van der Waals surface area contributed by atoms with Gasteiger partial charge in [0.25, 0.3) is 0 Å². The van der Waals surface area contributed by atoms with Crippen molar-refractivity contribution in [2.24, 2.45) is 0 Å². The maximum absolute atomic E-state index is 12.4. The number of hydrogen-bond donors (Lipinski definition) is 6. The van der Waals surface area contributed by atoms with E-state index >= 15 is 0 Å². The Kier molecular flexibility index (Phi) is 10.7. The molecular formula is C24H26Cl2N2O8. The summed E-state index contributed by atoms with van der Waals surface area (Å²) in [5, 5.41) is 42.6. The van der Waals surface area contributed by atoms with Crippen LogP contribution in [0.1, 0.15) is 23.7 Å². The van der Waals surface area contributed by atoms with Crippen molar-refractivity contribution in [3.05, 3.63) is 75.3 Å².